The van der Waals surface area contributed by atoms with Gasteiger partial charge in [0.15, 0.2) is 0 Å². The highest BCUT2D eigenvalue weighted by atomic mass is 35.5. The van der Waals surface area contributed by atoms with Crippen LogP contribution >= 0.6 is 11.6 Å². The quantitative estimate of drug-likeness (QED) is 0.501. The highest BCUT2D eigenvalue weighted by Crippen LogP contribution is 2.27. The minimum atomic E-state index is -0.889. The summed E-state index contributed by atoms with van der Waals surface area (Å²) in [6, 6.07) is 6.58. The molecule has 0 spiro atoms. The monoisotopic (exact) mass is 258 g/mol. The zero-order valence-corrected chi connectivity index (χ0v) is 10.0. The van der Waals surface area contributed by atoms with E-state index in [2.05, 4.69) is 10.2 Å². The summed E-state index contributed by atoms with van der Waals surface area (Å²) in [5.41, 5.74) is 2.47. The summed E-state index contributed by atoms with van der Waals surface area (Å²) in [6.07, 6.45) is -0.815. The number of para-hydroxylation sites is 2. The first-order chi connectivity index (χ1) is 8.10. The molecule has 0 atom stereocenters. The predicted octanol–water partition coefficient (Wildman–Crippen LogP) is 2.13. The average Bonchev–Trinajstić information content (AvgIpc) is 2.35. The number of amides is 2. The molecule has 7 heteroatoms. The molecule has 1 rings (SSSR count). The molecule has 1 aromatic rings. The van der Waals surface area contributed by atoms with Crippen molar-refractivity contribution in [3.63, 3.8) is 0 Å². The van der Waals surface area contributed by atoms with E-state index in [-0.39, 0.29) is 0 Å². The molecule has 2 amide bonds. The van der Waals surface area contributed by atoms with E-state index in [4.69, 9.17) is 16.3 Å². The number of hydrogen-bond donors (Lipinski definition) is 1. The van der Waals surface area contributed by atoms with Crippen molar-refractivity contribution >= 4 is 28.7 Å². The van der Waals surface area contributed by atoms with Crippen LogP contribution in [0.4, 0.5) is 15.3 Å². The number of halogens is 1. The average molecular weight is 259 g/mol. The molecule has 0 aliphatic heterocycles. The topological polar surface area (TPSA) is 67.9 Å². The number of nitrogens with one attached hydrogen (secondary N) is 1. The van der Waals surface area contributed by atoms with Gasteiger partial charge in [-0.25, -0.2) is 15.2 Å². The Morgan fingerprint density at radius 3 is 2.47 bits per heavy atom. The number of carbonyl (C=O) groups excluding carboxylic acids is 2. The van der Waals surface area contributed by atoms with Gasteiger partial charge in [0.05, 0.1) is 14.2 Å². The lowest BCUT2D eigenvalue weighted by atomic mass is 10.3. The van der Waals surface area contributed by atoms with Crippen LogP contribution in [0.5, 0.6) is 5.75 Å². The maximum Gasteiger partial charge on any atom is 0.426 e. The van der Waals surface area contributed by atoms with Crippen molar-refractivity contribution in [3.05, 3.63) is 24.3 Å². The lowest BCUT2D eigenvalue weighted by Gasteiger charge is -2.21. The Morgan fingerprint density at radius 2 is 1.94 bits per heavy atom. The summed E-state index contributed by atoms with van der Waals surface area (Å²) < 4.78 is 9.43. The van der Waals surface area contributed by atoms with Crippen LogP contribution in [0.2, 0.25) is 0 Å². The van der Waals surface area contributed by atoms with Crippen LogP contribution in [-0.4, -0.2) is 25.7 Å². The van der Waals surface area contributed by atoms with E-state index in [0.717, 1.165) is 5.01 Å². The van der Waals surface area contributed by atoms with Gasteiger partial charge in [-0.2, -0.15) is 0 Å². The zero-order valence-electron chi connectivity index (χ0n) is 9.27. The van der Waals surface area contributed by atoms with Crippen LogP contribution in [0, 0.1) is 0 Å². The molecule has 0 heterocycles. The fourth-order valence-electron chi connectivity index (χ4n) is 1.15. The fraction of sp³-hybridized carbons (Fsp3) is 0.200. The van der Waals surface area contributed by atoms with Crippen molar-refractivity contribution in [1.82, 2.24) is 5.43 Å². The number of hydrogen-bond acceptors (Lipinski definition) is 4. The van der Waals surface area contributed by atoms with Crippen LogP contribution in [0.25, 0.3) is 0 Å². The van der Waals surface area contributed by atoms with E-state index < -0.39 is 11.5 Å². The van der Waals surface area contributed by atoms with Crippen molar-refractivity contribution in [2.24, 2.45) is 0 Å². The fourth-order valence-corrected chi connectivity index (χ4v) is 1.28. The number of methoxy groups -OCH3 is 2. The van der Waals surface area contributed by atoms with E-state index >= 15 is 0 Å². The summed E-state index contributed by atoms with van der Waals surface area (Å²) in [6.45, 7) is 0. The SMILES string of the molecule is COC(=O)NN(C(=O)Cl)c1ccccc1OC. The molecule has 0 aliphatic carbocycles. The lowest BCUT2D eigenvalue weighted by Crippen LogP contribution is -2.44. The van der Waals surface area contributed by atoms with Crippen molar-refractivity contribution in [3.8, 4) is 5.75 Å². The summed E-state index contributed by atoms with van der Waals surface area (Å²) in [7, 11) is 2.61. The van der Waals surface area contributed by atoms with E-state index in [1.165, 1.54) is 14.2 Å². The summed E-state index contributed by atoms with van der Waals surface area (Å²) in [5, 5.41) is -0.0634. The van der Waals surface area contributed by atoms with Crippen LogP contribution in [0.1, 0.15) is 0 Å². The van der Waals surface area contributed by atoms with E-state index in [1.54, 1.807) is 24.3 Å². The Bertz CT molecular complexity index is 425. The Hall–Kier alpha value is -1.95. The van der Waals surface area contributed by atoms with Crippen molar-refractivity contribution in [2.75, 3.05) is 19.2 Å². The first-order valence-electron chi connectivity index (χ1n) is 4.57. The number of carbonyl (C=O) groups is 2. The van der Waals surface area contributed by atoms with Gasteiger partial charge in [-0.3, -0.25) is 4.79 Å². The van der Waals surface area contributed by atoms with Crippen LogP contribution in [0.3, 0.4) is 0 Å². The number of benzene rings is 1. The number of nitrogens with zero attached hydrogens (tertiary/aromatic N) is 1. The van der Waals surface area contributed by atoms with E-state index in [0.29, 0.717) is 11.4 Å². The van der Waals surface area contributed by atoms with Gasteiger partial charge in [-0.05, 0) is 23.7 Å². The van der Waals surface area contributed by atoms with E-state index in [1.807, 2.05) is 0 Å². The van der Waals surface area contributed by atoms with E-state index in [9.17, 15) is 9.59 Å². The Morgan fingerprint density at radius 1 is 1.29 bits per heavy atom. The maximum atomic E-state index is 11.2. The third kappa shape index (κ3) is 3.25. The molecule has 1 N–H and O–H groups in total. The van der Waals surface area contributed by atoms with Gasteiger partial charge in [0.25, 0.3) is 0 Å². The third-order valence-electron chi connectivity index (χ3n) is 1.89. The summed E-state index contributed by atoms with van der Waals surface area (Å²) in [5.74, 6) is 0.387. The van der Waals surface area contributed by atoms with Gasteiger partial charge in [-0.1, -0.05) is 12.1 Å². The van der Waals surface area contributed by atoms with Gasteiger partial charge in [-0.15, -0.1) is 0 Å². The molecule has 0 aliphatic rings. The second kappa shape index (κ2) is 5.95. The second-order valence-corrected chi connectivity index (χ2v) is 3.19. The number of anilines is 1. The molecule has 0 saturated carbocycles. The van der Waals surface area contributed by atoms with Gasteiger partial charge in [0, 0.05) is 0 Å². The Balaban J connectivity index is 3.05. The van der Waals surface area contributed by atoms with Crippen molar-refractivity contribution in [1.29, 1.82) is 0 Å². The van der Waals surface area contributed by atoms with Crippen LogP contribution in [0.15, 0.2) is 24.3 Å². The minimum Gasteiger partial charge on any atom is -0.494 e. The molecule has 6 nitrogen and oxygen atoms in total. The highest BCUT2D eigenvalue weighted by Gasteiger charge is 2.19. The molecule has 0 fully saturated rings. The molecule has 0 bridgehead atoms. The largest absolute Gasteiger partial charge is 0.494 e. The maximum absolute atomic E-state index is 11.2. The molecule has 0 unspecified atom stereocenters. The molecule has 0 saturated heterocycles. The van der Waals surface area contributed by atoms with Gasteiger partial charge in [0.2, 0.25) is 0 Å². The molecule has 17 heavy (non-hydrogen) atoms. The van der Waals surface area contributed by atoms with Gasteiger partial charge in [0.1, 0.15) is 11.4 Å². The zero-order chi connectivity index (χ0) is 12.8. The van der Waals surface area contributed by atoms with Crippen LogP contribution in [-0.2, 0) is 4.74 Å². The first-order valence-corrected chi connectivity index (χ1v) is 4.95. The summed E-state index contributed by atoms with van der Waals surface area (Å²) in [4.78, 5) is 22.3. The first kappa shape index (κ1) is 13.1. The number of hydrazine groups is 1. The lowest BCUT2D eigenvalue weighted by molar-refractivity contribution is 0.170. The number of rotatable bonds is 2. The normalized spacial score (nSPS) is 9.35. The third-order valence-corrected chi connectivity index (χ3v) is 2.06. The smallest absolute Gasteiger partial charge is 0.426 e. The molecule has 1 aromatic carbocycles. The Kier molecular flexibility index (Phi) is 4.59. The van der Waals surface area contributed by atoms with Crippen LogP contribution < -0.4 is 15.2 Å². The van der Waals surface area contributed by atoms with Gasteiger partial charge >= 0.3 is 11.5 Å². The second-order valence-electron chi connectivity index (χ2n) is 2.86. The summed E-state index contributed by atoms with van der Waals surface area (Å²) >= 11 is 5.37. The molecule has 92 valence electrons. The molecular formula is C10H11ClN2O4. The highest BCUT2D eigenvalue weighted by molar-refractivity contribution is 6.66. The standard InChI is InChI=1S/C10H11ClN2O4/c1-16-8-6-4-3-5-7(8)13(9(11)14)12-10(15)17-2/h3-6H,1-2H3,(H,12,15). The predicted molar refractivity (Wildman–Crippen MR) is 62.3 cm³/mol. The van der Waals surface area contributed by atoms with Crippen molar-refractivity contribution in [2.45, 2.75) is 0 Å². The van der Waals surface area contributed by atoms with Crippen molar-refractivity contribution < 1.29 is 19.1 Å². The molecule has 0 radical (unpaired) electrons. The Labute approximate surface area is 103 Å². The molecule has 0 aromatic heterocycles. The number of ether oxygens (including phenoxy) is 2. The van der Waals surface area contributed by atoms with Gasteiger partial charge < -0.3 is 9.47 Å². The molecular weight excluding hydrogens is 248 g/mol. The minimum absolute atomic E-state index is 0.306.